The maximum Gasteiger partial charge on any atom is 0.172 e. The molecule has 0 bridgehead atoms. The minimum atomic E-state index is 0.394. The smallest absolute Gasteiger partial charge is 0.172 e. The molecule has 5 aromatic rings. The number of allylic oxidation sites excluding steroid dienone is 1. The second kappa shape index (κ2) is 14.4. The van der Waals surface area contributed by atoms with Gasteiger partial charge in [0.25, 0.3) is 0 Å². The second-order valence-electron chi connectivity index (χ2n) is 10.4. The van der Waals surface area contributed by atoms with Crippen molar-refractivity contribution in [3.8, 4) is 28.7 Å². The highest BCUT2D eigenvalue weighted by Crippen LogP contribution is 2.47. The predicted molar refractivity (Wildman–Crippen MR) is 183 cm³/mol. The van der Waals surface area contributed by atoms with Crippen LogP contribution in [0.4, 0.5) is 0 Å². The Morgan fingerprint density at radius 3 is 1.71 bits per heavy atom. The van der Waals surface area contributed by atoms with Crippen LogP contribution in [0.5, 0.6) is 28.7 Å². The Hall–Kier alpha value is -4.63. The number of halogens is 1. The minimum absolute atomic E-state index is 0.394. The fourth-order valence-electron chi connectivity index (χ4n) is 5.09. The number of methoxy groups -OCH3 is 2. The monoisotopic (exact) mass is 712 g/mol. The Morgan fingerprint density at radius 2 is 1.16 bits per heavy atom. The number of hydrogen-bond donors (Lipinski definition) is 0. The number of ether oxygens (including phenoxy) is 6. The summed E-state index contributed by atoms with van der Waals surface area (Å²) in [5.74, 6) is 4.58. The van der Waals surface area contributed by atoms with Crippen molar-refractivity contribution in [3.63, 3.8) is 0 Å². The summed E-state index contributed by atoms with van der Waals surface area (Å²) >= 11 is 2.28. The SMILES string of the molecule is COc1cc(C2=C(OCc3ccccc3)Cc3c(cc(OCc4ccccc4)c(I)c3OC)O2)ccc1OCc1ccccc1. The Labute approximate surface area is 277 Å². The first kappa shape index (κ1) is 30.4. The van der Waals surface area contributed by atoms with Crippen molar-refractivity contribution < 1.29 is 28.4 Å². The van der Waals surface area contributed by atoms with Crippen molar-refractivity contribution in [1.29, 1.82) is 0 Å². The van der Waals surface area contributed by atoms with Gasteiger partial charge in [-0.1, -0.05) is 91.0 Å². The largest absolute Gasteiger partial charge is 0.495 e. The average Bonchev–Trinajstić information content (AvgIpc) is 3.10. The van der Waals surface area contributed by atoms with E-state index >= 15 is 0 Å². The lowest BCUT2D eigenvalue weighted by Crippen LogP contribution is -2.14. The van der Waals surface area contributed by atoms with E-state index < -0.39 is 0 Å². The third-order valence-electron chi connectivity index (χ3n) is 7.41. The number of rotatable bonds is 12. The molecule has 0 aromatic heterocycles. The lowest BCUT2D eigenvalue weighted by molar-refractivity contribution is 0.183. The van der Waals surface area contributed by atoms with Gasteiger partial charge < -0.3 is 28.4 Å². The van der Waals surface area contributed by atoms with Crippen molar-refractivity contribution in [2.24, 2.45) is 0 Å². The maximum absolute atomic E-state index is 6.67. The average molecular weight is 713 g/mol. The fraction of sp³-hybridized carbons (Fsp3) is 0.158. The molecule has 0 radical (unpaired) electrons. The van der Waals surface area contributed by atoms with Gasteiger partial charge >= 0.3 is 0 Å². The van der Waals surface area contributed by atoms with Crippen molar-refractivity contribution in [2.75, 3.05) is 14.2 Å². The zero-order chi connectivity index (χ0) is 31.0. The van der Waals surface area contributed by atoms with Crippen LogP contribution in [0.15, 0.2) is 121 Å². The molecule has 6 nitrogen and oxygen atoms in total. The summed E-state index contributed by atoms with van der Waals surface area (Å²) in [6, 6.07) is 37.9. The van der Waals surface area contributed by atoms with Gasteiger partial charge in [-0.2, -0.15) is 0 Å². The van der Waals surface area contributed by atoms with Crippen LogP contribution in [-0.4, -0.2) is 14.2 Å². The van der Waals surface area contributed by atoms with Crippen molar-refractivity contribution in [3.05, 3.63) is 152 Å². The van der Waals surface area contributed by atoms with Gasteiger partial charge in [-0.05, 0) is 57.5 Å². The Bertz CT molecular complexity index is 1770. The highest BCUT2D eigenvalue weighted by atomic mass is 127. The van der Waals surface area contributed by atoms with E-state index in [1.807, 2.05) is 115 Å². The molecule has 0 amide bonds. The van der Waals surface area contributed by atoms with Gasteiger partial charge in [0.1, 0.15) is 42.8 Å². The predicted octanol–water partition coefficient (Wildman–Crippen LogP) is 8.99. The Morgan fingerprint density at radius 1 is 0.600 bits per heavy atom. The van der Waals surface area contributed by atoms with E-state index in [0.717, 1.165) is 31.4 Å². The standard InChI is InChI=1S/C38H33IO6/c1-40-33-20-29(18-19-31(33)42-23-26-12-6-3-7-13-26)37-35(44-25-28-16-10-5-11-17-28)21-30-32(45-37)22-34(36(39)38(30)41-2)43-24-27-14-8-4-9-15-27/h3-20,22H,21,23-25H2,1-2H3. The van der Waals surface area contributed by atoms with Crippen LogP contribution in [0.2, 0.25) is 0 Å². The Balaban J connectivity index is 1.34. The summed E-state index contributed by atoms with van der Waals surface area (Å²) in [4.78, 5) is 0. The van der Waals surface area contributed by atoms with Gasteiger partial charge in [-0.3, -0.25) is 0 Å². The molecule has 0 N–H and O–H groups in total. The molecule has 0 fully saturated rings. The van der Waals surface area contributed by atoms with E-state index in [1.165, 1.54) is 0 Å². The van der Waals surface area contributed by atoms with Crippen molar-refractivity contribution >= 4 is 28.4 Å². The summed E-state index contributed by atoms with van der Waals surface area (Å²) in [7, 11) is 3.30. The van der Waals surface area contributed by atoms with Crippen LogP contribution >= 0.6 is 22.6 Å². The molecule has 0 spiro atoms. The van der Waals surface area contributed by atoms with Gasteiger partial charge in [0.15, 0.2) is 17.3 Å². The molecule has 0 aliphatic carbocycles. The van der Waals surface area contributed by atoms with E-state index in [1.54, 1.807) is 14.2 Å². The minimum Gasteiger partial charge on any atom is -0.495 e. The van der Waals surface area contributed by atoms with E-state index in [2.05, 4.69) is 22.6 Å². The van der Waals surface area contributed by atoms with E-state index in [0.29, 0.717) is 66.5 Å². The fourth-order valence-corrected chi connectivity index (χ4v) is 5.95. The van der Waals surface area contributed by atoms with Crippen LogP contribution in [0.3, 0.4) is 0 Å². The third kappa shape index (κ3) is 7.20. The first-order valence-corrected chi connectivity index (χ1v) is 15.7. The van der Waals surface area contributed by atoms with Gasteiger partial charge in [0, 0.05) is 23.6 Å². The normalized spacial score (nSPS) is 12.2. The number of hydrogen-bond acceptors (Lipinski definition) is 6. The molecule has 6 rings (SSSR count). The summed E-state index contributed by atoms with van der Waals surface area (Å²) in [6.45, 7) is 1.25. The Kier molecular flexibility index (Phi) is 9.75. The first-order chi connectivity index (χ1) is 22.1. The lowest BCUT2D eigenvalue weighted by atomic mass is 10.0. The second-order valence-corrected chi connectivity index (χ2v) is 11.5. The highest BCUT2D eigenvalue weighted by molar-refractivity contribution is 14.1. The molecule has 0 saturated carbocycles. The zero-order valence-electron chi connectivity index (χ0n) is 25.1. The van der Waals surface area contributed by atoms with Crippen LogP contribution in [-0.2, 0) is 31.0 Å². The lowest BCUT2D eigenvalue weighted by Gasteiger charge is -2.27. The van der Waals surface area contributed by atoms with Gasteiger partial charge in [-0.15, -0.1) is 0 Å². The molecule has 228 valence electrons. The molecule has 0 saturated heterocycles. The molecule has 0 unspecified atom stereocenters. The van der Waals surface area contributed by atoms with E-state index in [4.69, 9.17) is 28.4 Å². The molecular weight excluding hydrogens is 679 g/mol. The van der Waals surface area contributed by atoms with Gasteiger partial charge in [-0.25, -0.2) is 0 Å². The molecular formula is C38H33IO6. The molecule has 45 heavy (non-hydrogen) atoms. The summed E-state index contributed by atoms with van der Waals surface area (Å²) < 4.78 is 38.1. The molecule has 7 heteroatoms. The number of benzene rings is 5. The zero-order valence-corrected chi connectivity index (χ0v) is 27.3. The van der Waals surface area contributed by atoms with Crippen LogP contribution in [0.25, 0.3) is 5.76 Å². The first-order valence-electron chi connectivity index (χ1n) is 14.6. The van der Waals surface area contributed by atoms with Crippen LogP contribution in [0.1, 0.15) is 27.8 Å². The molecule has 1 heterocycles. The van der Waals surface area contributed by atoms with Gasteiger partial charge in [0.05, 0.1) is 17.8 Å². The van der Waals surface area contributed by atoms with Gasteiger partial charge in [0.2, 0.25) is 0 Å². The van der Waals surface area contributed by atoms with E-state index in [-0.39, 0.29) is 0 Å². The van der Waals surface area contributed by atoms with Crippen molar-refractivity contribution in [2.45, 2.75) is 26.2 Å². The summed E-state index contributed by atoms with van der Waals surface area (Å²) in [5, 5.41) is 0. The molecule has 1 aliphatic heterocycles. The topological polar surface area (TPSA) is 55.4 Å². The summed E-state index contributed by atoms with van der Waals surface area (Å²) in [6.07, 6.45) is 0.476. The molecule has 0 atom stereocenters. The number of fused-ring (bicyclic) bond motifs is 1. The summed E-state index contributed by atoms with van der Waals surface area (Å²) in [5.41, 5.74) is 4.91. The van der Waals surface area contributed by atoms with Crippen LogP contribution in [0, 0.1) is 3.57 Å². The van der Waals surface area contributed by atoms with E-state index in [9.17, 15) is 0 Å². The molecule has 1 aliphatic rings. The maximum atomic E-state index is 6.67. The van der Waals surface area contributed by atoms with Crippen molar-refractivity contribution in [1.82, 2.24) is 0 Å². The van der Waals surface area contributed by atoms with Crippen LogP contribution < -0.4 is 23.7 Å². The quantitative estimate of drug-likeness (QED) is 0.121. The molecule has 5 aromatic carbocycles. The highest BCUT2D eigenvalue weighted by Gasteiger charge is 2.29. The third-order valence-corrected chi connectivity index (χ3v) is 8.43.